The van der Waals surface area contributed by atoms with E-state index in [1.807, 2.05) is 0 Å². The van der Waals surface area contributed by atoms with Crippen LogP contribution in [-0.4, -0.2) is 25.0 Å². The van der Waals surface area contributed by atoms with Gasteiger partial charge in [0, 0.05) is 19.7 Å². The summed E-state index contributed by atoms with van der Waals surface area (Å²) in [7, 11) is 3.54. The maximum atomic E-state index is 11.3. The largest absolute Gasteiger partial charge is 0.285 e. The summed E-state index contributed by atoms with van der Waals surface area (Å²) in [6.07, 6.45) is 0. The molecule has 0 saturated carbocycles. The van der Waals surface area contributed by atoms with Crippen LogP contribution in [0.25, 0.3) is 0 Å². The highest BCUT2D eigenvalue weighted by atomic mass is 16.2. The van der Waals surface area contributed by atoms with E-state index in [9.17, 15) is 4.79 Å². The first-order chi connectivity index (χ1) is 5.70. The lowest BCUT2D eigenvalue weighted by atomic mass is 10.2. The van der Waals surface area contributed by atoms with Crippen molar-refractivity contribution < 1.29 is 4.79 Å². The molecule has 1 N–H and O–H groups in total. The molecule has 0 aliphatic heterocycles. The first-order valence-corrected chi connectivity index (χ1v) is 3.64. The second-order valence-electron chi connectivity index (χ2n) is 2.62. The number of amides is 1. The summed E-state index contributed by atoms with van der Waals surface area (Å²) in [6, 6.07) is 9.72. The zero-order valence-electron chi connectivity index (χ0n) is 7.16. The predicted molar refractivity (Wildman–Crippen MR) is 46.4 cm³/mol. The van der Waals surface area contributed by atoms with Crippen LogP contribution in [0, 0.1) is 6.07 Å². The molecular weight excluding hydrogens is 152 g/mol. The van der Waals surface area contributed by atoms with E-state index >= 15 is 0 Å². The van der Waals surface area contributed by atoms with E-state index in [1.165, 1.54) is 0 Å². The highest BCUT2D eigenvalue weighted by molar-refractivity contribution is 5.93. The van der Waals surface area contributed by atoms with Crippen molar-refractivity contribution in [2.45, 2.75) is 0 Å². The number of nitrogens with one attached hydrogen (secondary N) is 1. The van der Waals surface area contributed by atoms with Crippen molar-refractivity contribution in [3.05, 3.63) is 35.9 Å². The first-order valence-electron chi connectivity index (χ1n) is 3.64. The van der Waals surface area contributed by atoms with Gasteiger partial charge in [0.2, 0.25) is 0 Å². The molecule has 0 saturated heterocycles. The summed E-state index contributed by atoms with van der Waals surface area (Å²) in [6.45, 7) is 0. The monoisotopic (exact) mass is 163 g/mol. The highest BCUT2D eigenvalue weighted by Gasteiger charge is 2.03. The van der Waals surface area contributed by atoms with Gasteiger partial charge in [-0.05, 0) is 18.2 Å². The van der Waals surface area contributed by atoms with Gasteiger partial charge in [-0.2, -0.15) is 0 Å². The van der Waals surface area contributed by atoms with Gasteiger partial charge in [-0.1, -0.05) is 12.1 Å². The van der Waals surface area contributed by atoms with E-state index < -0.39 is 0 Å². The molecule has 0 aromatic heterocycles. The third kappa shape index (κ3) is 2.36. The third-order valence-corrected chi connectivity index (χ3v) is 1.31. The van der Waals surface area contributed by atoms with E-state index in [0.29, 0.717) is 5.56 Å². The van der Waals surface area contributed by atoms with E-state index in [0.717, 1.165) is 0 Å². The Hall–Kier alpha value is -1.35. The fourth-order valence-electron chi connectivity index (χ4n) is 0.806. The summed E-state index contributed by atoms with van der Waals surface area (Å²) in [5, 5.41) is 1.61. The Morgan fingerprint density at radius 3 is 2.50 bits per heavy atom. The quantitative estimate of drug-likeness (QED) is 0.651. The molecule has 0 fully saturated rings. The zero-order valence-corrected chi connectivity index (χ0v) is 7.16. The van der Waals surface area contributed by atoms with Crippen LogP contribution in [0.15, 0.2) is 24.3 Å². The number of carbonyl (C=O) groups is 1. The fourth-order valence-corrected chi connectivity index (χ4v) is 0.806. The molecule has 63 valence electrons. The van der Waals surface area contributed by atoms with Gasteiger partial charge in [0.1, 0.15) is 0 Å². The lowest BCUT2D eigenvalue weighted by Gasteiger charge is -2.11. The van der Waals surface area contributed by atoms with Gasteiger partial charge >= 0.3 is 0 Å². The number of hydrogen-bond acceptors (Lipinski definition) is 2. The lowest BCUT2D eigenvalue weighted by molar-refractivity contribution is 0.0857. The van der Waals surface area contributed by atoms with Crippen LogP contribution in [-0.2, 0) is 0 Å². The SMILES string of the molecule is CN(C)NC(=O)c1cc[c]cc1. The van der Waals surface area contributed by atoms with Gasteiger partial charge in [-0.15, -0.1) is 0 Å². The molecule has 0 spiro atoms. The Morgan fingerprint density at radius 1 is 1.42 bits per heavy atom. The van der Waals surface area contributed by atoms with Gasteiger partial charge < -0.3 is 0 Å². The molecule has 1 radical (unpaired) electrons. The molecular formula is C9H11N2O. The fraction of sp³-hybridized carbons (Fsp3) is 0.222. The predicted octanol–water partition coefficient (Wildman–Crippen LogP) is 0.693. The lowest BCUT2D eigenvalue weighted by Crippen LogP contribution is -2.36. The third-order valence-electron chi connectivity index (χ3n) is 1.31. The normalized spacial score (nSPS) is 9.92. The van der Waals surface area contributed by atoms with Gasteiger partial charge in [0.25, 0.3) is 5.91 Å². The number of hydrogen-bond donors (Lipinski definition) is 1. The van der Waals surface area contributed by atoms with Crippen LogP contribution < -0.4 is 5.43 Å². The average molecular weight is 163 g/mol. The molecule has 0 aliphatic carbocycles. The number of hydrazine groups is 1. The number of nitrogens with zero attached hydrogens (tertiary/aromatic N) is 1. The van der Waals surface area contributed by atoms with Crippen molar-refractivity contribution in [3.8, 4) is 0 Å². The summed E-state index contributed by atoms with van der Waals surface area (Å²) in [5.41, 5.74) is 3.28. The van der Waals surface area contributed by atoms with Gasteiger partial charge in [0.05, 0.1) is 0 Å². The van der Waals surface area contributed by atoms with Crippen molar-refractivity contribution in [1.82, 2.24) is 10.4 Å². The molecule has 12 heavy (non-hydrogen) atoms. The van der Waals surface area contributed by atoms with Gasteiger partial charge in [-0.3, -0.25) is 10.2 Å². The maximum absolute atomic E-state index is 11.3. The Balaban J connectivity index is 2.66. The van der Waals surface area contributed by atoms with Crippen LogP contribution in [0.2, 0.25) is 0 Å². The Morgan fingerprint density at radius 2 is 2.00 bits per heavy atom. The van der Waals surface area contributed by atoms with Crippen LogP contribution in [0.1, 0.15) is 10.4 Å². The van der Waals surface area contributed by atoms with Crippen molar-refractivity contribution >= 4 is 5.91 Å². The van der Waals surface area contributed by atoms with Crippen molar-refractivity contribution in [2.75, 3.05) is 14.1 Å². The van der Waals surface area contributed by atoms with Crippen LogP contribution in [0.3, 0.4) is 0 Å². The summed E-state index contributed by atoms with van der Waals surface area (Å²) in [4.78, 5) is 11.3. The minimum atomic E-state index is -0.103. The molecule has 0 unspecified atom stereocenters. The summed E-state index contributed by atoms with van der Waals surface area (Å²) >= 11 is 0. The smallest absolute Gasteiger partial charge is 0.265 e. The van der Waals surface area contributed by atoms with Gasteiger partial charge in [0.15, 0.2) is 0 Å². The standard InChI is InChI=1S/C9H11N2O/c1-11(2)10-9(12)8-6-4-3-5-7-8/h4-7H,1-2H3,(H,10,12). The molecule has 1 amide bonds. The average Bonchev–Trinajstić information content (AvgIpc) is 2.05. The molecule has 1 aromatic carbocycles. The van der Waals surface area contributed by atoms with Crippen LogP contribution in [0.4, 0.5) is 0 Å². The number of benzene rings is 1. The highest BCUT2D eigenvalue weighted by Crippen LogP contribution is 1.96. The topological polar surface area (TPSA) is 32.3 Å². The Bertz CT molecular complexity index is 256. The number of rotatable bonds is 2. The van der Waals surface area contributed by atoms with Gasteiger partial charge in [-0.25, -0.2) is 5.01 Å². The maximum Gasteiger partial charge on any atom is 0.265 e. The molecule has 0 bridgehead atoms. The van der Waals surface area contributed by atoms with E-state index in [1.54, 1.807) is 43.4 Å². The molecule has 3 nitrogen and oxygen atoms in total. The van der Waals surface area contributed by atoms with Crippen LogP contribution >= 0.6 is 0 Å². The summed E-state index contributed by atoms with van der Waals surface area (Å²) < 4.78 is 0. The van der Waals surface area contributed by atoms with Crippen molar-refractivity contribution in [3.63, 3.8) is 0 Å². The molecule has 0 heterocycles. The Labute approximate surface area is 72.0 Å². The minimum absolute atomic E-state index is 0.103. The molecule has 1 aromatic rings. The van der Waals surface area contributed by atoms with E-state index in [-0.39, 0.29) is 5.91 Å². The summed E-state index contributed by atoms with van der Waals surface area (Å²) in [5.74, 6) is -0.103. The van der Waals surface area contributed by atoms with Crippen LogP contribution in [0.5, 0.6) is 0 Å². The minimum Gasteiger partial charge on any atom is -0.285 e. The van der Waals surface area contributed by atoms with E-state index in [2.05, 4.69) is 11.5 Å². The zero-order chi connectivity index (χ0) is 8.97. The van der Waals surface area contributed by atoms with E-state index in [4.69, 9.17) is 0 Å². The first kappa shape index (κ1) is 8.74. The number of carbonyl (C=O) groups excluding carboxylic acids is 1. The second kappa shape index (κ2) is 3.88. The molecule has 3 heteroatoms. The second-order valence-corrected chi connectivity index (χ2v) is 2.62. The Kier molecular flexibility index (Phi) is 2.82. The molecule has 0 atom stereocenters. The van der Waals surface area contributed by atoms with Crippen molar-refractivity contribution in [1.29, 1.82) is 0 Å². The molecule has 1 rings (SSSR count). The van der Waals surface area contributed by atoms with Crippen molar-refractivity contribution in [2.24, 2.45) is 0 Å². The molecule has 0 aliphatic rings.